The Hall–Kier alpha value is -0.790. The average molecular weight is 167 g/mol. The lowest BCUT2D eigenvalue weighted by molar-refractivity contribution is 0.309. The lowest BCUT2D eigenvalue weighted by Gasteiger charge is -2.24. The van der Waals surface area contributed by atoms with Gasteiger partial charge in [-0.2, -0.15) is 0 Å². The van der Waals surface area contributed by atoms with Gasteiger partial charge in [-0.1, -0.05) is 24.6 Å². The maximum atomic E-state index is 8.77. The molecule has 2 heteroatoms. The van der Waals surface area contributed by atoms with E-state index in [-0.39, 0.29) is 0 Å². The van der Waals surface area contributed by atoms with Gasteiger partial charge in [-0.15, -0.1) is 0 Å². The van der Waals surface area contributed by atoms with Crippen molar-refractivity contribution in [1.82, 2.24) is 0 Å². The molecule has 1 N–H and O–H groups in total. The van der Waals surface area contributed by atoms with Gasteiger partial charge in [0.15, 0.2) is 0 Å². The first-order valence-electron chi connectivity index (χ1n) is 4.54. The molecule has 1 aliphatic rings. The summed E-state index contributed by atoms with van der Waals surface area (Å²) in [7, 11) is 0. The predicted octanol–water partition coefficient (Wildman–Crippen LogP) is 2.83. The van der Waals surface area contributed by atoms with Crippen molar-refractivity contribution in [2.45, 2.75) is 33.6 Å². The summed E-state index contributed by atoms with van der Waals surface area (Å²) >= 11 is 0. The van der Waals surface area contributed by atoms with Crippen LogP contribution in [0.5, 0.6) is 0 Å². The highest BCUT2D eigenvalue weighted by molar-refractivity contribution is 5.97. The largest absolute Gasteiger partial charge is 0.411 e. The quantitative estimate of drug-likeness (QED) is 0.472. The summed E-state index contributed by atoms with van der Waals surface area (Å²) in [5.74, 6) is 1.01. The van der Waals surface area contributed by atoms with Crippen LogP contribution in [0.15, 0.2) is 16.8 Å². The van der Waals surface area contributed by atoms with Crippen LogP contribution in [0.25, 0.3) is 0 Å². The summed E-state index contributed by atoms with van der Waals surface area (Å²) in [6, 6.07) is 0. The Morgan fingerprint density at radius 3 is 2.75 bits per heavy atom. The first-order chi connectivity index (χ1) is 5.65. The van der Waals surface area contributed by atoms with Gasteiger partial charge in [-0.3, -0.25) is 0 Å². The fourth-order valence-corrected chi connectivity index (χ4v) is 1.74. The SMILES string of the molecule is CC1=C/C(=N\O)C(C(C)C)CC1. The molecule has 0 saturated heterocycles. The Morgan fingerprint density at radius 1 is 1.58 bits per heavy atom. The first-order valence-corrected chi connectivity index (χ1v) is 4.54. The smallest absolute Gasteiger partial charge is 0.0828 e. The van der Waals surface area contributed by atoms with Crippen LogP contribution >= 0.6 is 0 Å². The van der Waals surface area contributed by atoms with Crippen molar-refractivity contribution < 1.29 is 5.21 Å². The Labute approximate surface area is 74.0 Å². The number of hydrogen-bond acceptors (Lipinski definition) is 2. The van der Waals surface area contributed by atoms with Crippen LogP contribution < -0.4 is 0 Å². The fourth-order valence-electron chi connectivity index (χ4n) is 1.74. The number of allylic oxidation sites excluding steroid dienone is 2. The maximum absolute atomic E-state index is 8.77. The Bertz CT molecular complexity index is 216. The van der Waals surface area contributed by atoms with Gasteiger partial charge in [-0.05, 0) is 31.8 Å². The van der Waals surface area contributed by atoms with Crippen molar-refractivity contribution in [3.63, 3.8) is 0 Å². The van der Waals surface area contributed by atoms with Crippen LogP contribution in [0.2, 0.25) is 0 Å². The fraction of sp³-hybridized carbons (Fsp3) is 0.700. The van der Waals surface area contributed by atoms with E-state index < -0.39 is 0 Å². The molecule has 0 fully saturated rings. The molecule has 0 radical (unpaired) electrons. The minimum atomic E-state index is 0.443. The van der Waals surface area contributed by atoms with E-state index >= 15 is 0 Å². The van der Waals surface area contributed by atoms with Gasteiger partial charge in [0.25, 0.3) is 0 Å². The molecule has 1 atom stereocenters. The zero-order valence-corrected chi connectivity index (χ0v) is 8.04. The molecule has 12 heavy (non-hydrogen) atoms. The molecule has 0 aliphatic heterocycles. The molecule has 68 valence electrons. The summed E-state index contributed by atoms with van der Waals surface area (Å²) < 4.78 is 0. The van der Waals surface area contributed by atoms with E-state index in [1.54, 1.807) is 0 Å². The summed E-state index contributed by atoms with van der Waals surface area (Å²) in [6.07, 6.45) is 4.27. The standard InChI is InChI=1S/C10H17NO/c1-7(2)9-5-4-8(3)6-10(9)11-12/h6-7,9,12H,4-5H2,1-3H3/b11-10+. The van der Waals surface area contributed by atoms with Crippen LogP contribution in [0.3, 0.4) is 0 Å². The van der Waals surface area contributed by atoms with Gasteiger partial charge >= 0.3 is 0 Å². The second kappa shape index (κ2) is 3.74. The lowest BCUT2D eigenvalue weighted by atomic mass is 9.81. The molecule has 0 amide bonds. The highest BCUT2D eigenvalue weighted by atomic mass is 16.4. The molecule has 0 heterocycles. The molecule has 0 aromatic rings. The molecular formula is C10H17NO. The van der Waals surface area contributed by atoms with Gasteiger partial charge in [0.2, 0.25) is 0 Å². The molecule has 0 saturated carbocycles. The van der Waals surface area contributed by atoms with E-state index in [2.05, 4.69) is 25.9 Å². The van der Waals surface area contributed by atoms with E-state index in [9.17, 15) is 0 Å². The summed E-state index contributed by atoms with van der Waals surface area (Å²) in [5.41, 5.74) is 2.17. The minimum absolute atomic E-state index is 0.443. The van der Waals surface area contributed by atoms with Gasteiger partial charge < -0.3 is 5.21 Å². The third-order valence-electron chi connectivity index (χ3n) is 2.54. The van der Waals surface area contributed by atoms with Gasteiger partial charge in [0.05, 0.1) is 5.71 Å². The molecule has 0 spiro atoms. The maximum Gasteiger partial charge on any atom is 0.0828 e. The Balaban J connectivity index is 2.81. The van der Waals surface area contributed by atoms with E-state index in [1.807, 2.05) is 6.08 Å². The summed E-state index contributed by atoms with van der Waals surface area (Å²) in [5, 5.41) is 12.1. The van der Waals surface area contributed by atoms with Crippen LogP contribution in [-0.4, -0.2) is 10.9 Å². The van der Waals surface area contributed by atoms with Crippen molar-refractivity contribution in [3.8, 4) is 0 Å². The normalized spacial score (nSPS) is 27.8. The third kappa shape index (κ3) is 1.87. The van der Waals surface area contributed by atoms with Crippen molar-refractivity contribution in [1.29, 1.82) is 0 Å². The summed E-state index contributed by atoms with van der Waals surface area (Å²) in [6.45, 7) is 6.43. The minimum Gasteiger partial charge on any atom is -0.411 e. The number of oxime groups is 1. The van der Waals surface area contributed by atoms with E-state index in [4.69, 9.17) is 5.21 Å². The molecular weight excluding hydrogens is 150 g/mol. The number of nitrogens with zero attached hydrogens (tertiary/aromatic N) is 1. The highest BCUT2D eigenvalue weighted by Gasteiger charge is 2.22. The van der Waals surface area contributed by atoms with Gasteiger partial charge in [-0.25, -0.2) is 0 Å². The summed E-state index contributed by atoms with van der Waals surface area (Å²) in [4.78, 5) is 0. The molecule has 0 bridgehead atoms. The third-order valence-corrected chi connectivity index (χ3v) is 2.54. The zero-order valence-electron chi connectivity index (χ0n) is 8.04. The van der Waals surface area contributed by atoms with E-state index in [1.165, 1.54) is 5.57 Å². The van der Waals surface area contributed by atoms with Gasteiger partial charge in [0.1, 0.15) is 0 Å². The van der Waals surface area contributed by atoms with E-state index in [0.29, 0.717) is 11.8 Å². The van der Waals surface area contributed by atoms with Crippen molar-refractivity contribution >= 4 is 5.71 Å². The van der Waals surface area contributed by atoms with Gasteiger partial charge in [0, 0.05) is 5.92 Å². The van der Waals surface area contributed by atoms with E-state index in [0.717, 1.165) is 18.6 Å². The van der Waals surface area contributed by atoms with Crippen LogP contribution in [-0.2, 0) is 0 Å². The van der Waals surface area contributed by atoms with Crippen LogP contribution in [0.1, 0.15) is 33.6 Å². The van der Waals surface area contributed by atoms with Crippen molar-refractivity contribution in [3.05, 3.63) is 11.6 Å². The molecule has 1 aliphatic carbocycles. The zero-order chi connectivity index (χ0) is 9.14. The lowest BCUT2D eigenvalue weighted by Crippen LogP contribution is -2.22. The molecule has 2 nitrogen and oxygen atoms in total. The predicted molar refractivity (Wildman–Crippen MR) is 50.5 cm³/mol. The van der Waals surface area contributed by atoms with Crippen molar-refractivity contribution in [2.24, 2.45) is 17.0 Å². The van der Waals surface area contributed by atoms with Crippen LogP contribution in [0, 0.1) is 11.8 Å². The monoisotopic (exact) mass is 167 g/mol. The average Bonchev–Trinajstić information content (AvgIpc) is 2.03. The second-order valence-corrected chi connectivity index (χ2v) is 3.90. The first kappa shape index (κ1) is 9.30. The number of rotatable bonds is 1. The Morgan fingerprint density at radius 2 is 2.25 bits per heavy atom. The molecule has 1 unspecified atom stereocenters. The van der Waals surface area contributed by atoms with Crippen LogP contribution in [0.4, 0.5) is 0 Å². The molecule has 0 aromatic carbocycles. The highest BCUT2D eigenvalue weighted by Crippen LogP contribution is 2.26. The number of hydrogen-bond donors (Lipinski definition) is 1. The molecule has 1 rings (SSSR count). The topological polar surface area (TPSA) is 32.6 Å². The van der Waals surface area contributed by atoms with Crippen molar-refractivity contribution in [2.75, 3.05) is 0 Å². The molecule has 0 aromatic heterocycles. The second-order valence-electron chi connectivity index (χ2n) is 3.90. The Kier molecular flexibility index (Phi) is 2.90.